The van der Waals surface area contributed by atoms with Crippen LogP contribution in [0.4, 0.5) is 0 Å². The zero-order valence-electron chi connectivity index (χ0n) is 5.94. The molecule has 56 valence electrons. The molecule has 0 aliphatic rings. The Balaban J connectivity index is 2.75. The predicted octanol–water partition coefficient (Wildman–Crippen LogP) is 2.17. The minimum Gasteiger partial charge on any atom is -0.396 e. The number of alkyl halides is 1. The quantitative estimate of drug-likeness (QED) is 0.471. The van der Waals surface area contributed by atoms with Crippen LogP contribution in [0.2, 0.25) is 0 Å². The maximum atomic E-state index is 8.40. The standard InChI is InChI=1S/C7H15ClO/c1-7(8)5-3-2-4-6-9/h7,9H,2-6H2,1H3. The highest BCUT2D eigenvalue weighted by Gasteiger charge is 1.94. The summed E-state index contributed by atoms with van der Waals surface area (Å²) < 4.78 is 0. The van der Waals surface area contributed by atoms with Crippen LogP contribution in [0.3, 0.4) is 0 Å². The first-order chi connectivity index (χ1) is 4.27. The van der Waals surface area contributed by atoms with E-state index in [1.54, 1.807) is 0 Å². The molecule has 0 fully saturated rings. The summed E-state index contributed by atoms with van der Waals surface area (Å²) in [4.78, 5) is 0. The van der Waals surface area contributed by atoms with Crippen molar-refractivity contribution in [2.24, 2.45) is 0 Å². The van der Waals surface area contributed by atoms with Crippen molar-refractivity contribution in [1.82, 2.24) is 0 Å². The topological polar surface area (TPSA) is 20.2 Å². The second-order valence-electron chi connectivity index (χ2n) is 2.35. The molecule has 1 nitrogen and oxygen atoms in total. The molecule has 0 spiro atoms. The summed E-state index contributed by atoms with van der Waals surface area (Å²) in [5.41, 5.74) is 0. The first-order valence-corrected chi connectivity index (χ1v) is 3.96. The maximum Gasteiger partial charge on any atom is 0.0431 e. The van der Waals surface area contributed by atoms with E-state index in [1.807, 2.05) is 6.92 Å². The van der Waals surface area contributed by atoms with Crippen molar-refractivity contribution < 1.29 is 5.11 Å². The van der Waals surface area contributed by atoms with Crippen LogP contribution >= 0.6 is 11.6 Å². The molecule has 0 heterocycles. The summed E-state index contributed by atoms with van der Waals surface area (Å²) in [7, 11) is 0. The van der Waals surface area contributed by atoms with Gasteiger partial charge in [-0.1, -0.05) is 12.8 Å². The lowest BCUT2D eigenvalue weighted by atomic mass is 10.2. The first-order valence-electron chi connectivity index (χ1n) is 3.52. The minimum atomic E-state index is 0.295. The fourth-order valence-corrected chi connectivity index (χ4v) is 0.868. The smallest absolute Gasteiger partial charge is 0.0431 e. The van der Waals surface area contributed by atoms with E-state index in [0.29, 0.717) is 12.0 Å². The van der Waals surface area contributed by atoms with Gasteiger partial charge in [0.25, 0.3) is 0 Å². The van der Waals surface area contributed by atoms with Crippen molar-refractivity contribution in [2.75, 3.05) is 6.61 Å². The number of rotatable bonds is 5. The van der Waals surface area contributed by atoms with E-state index in [2.05, 4.69) is 0 Å². The number of hydrogen-bond donors (Lipinski definition) is 1. The van der Waals surface area contributed by atoms with Gasteiger partial charge in [-0.05, 0) is 19.8 Å². The Hall–Kier alpha value is 0.250. The van der Waals surface area contributed by atoms with Gasteiger partial charge in [0.2, 0.25) is 0 Å². The molecule has 0 aliphatic carbocycles. The second-order valence-corrected chi connectivity index (χ2v) is 3.10. The first kappa shape index (κ1) is 9.25. The largest absolute Gasteiger partial charge is 0.396 e. The van der Waals surface area contributed by atoms with Crippen molar-refractivity contribution in [3.05, 3.63) is 0 Å². The van der Waals surface area contributed by atoms with Gasteiger partial charge in [-0.25, -0.2) is 0 Å². The Bertz CT molecular complexity index is 54.9. The summed E-state index contributed by atoms with van der Waals surface area (Å²) in [6, 6.07) is 0. The number of aliphatic hydroxyl groups is 1. The van der Waals surface area contributed by atoms with Crippen molar-refractivity contribution in [2.45, 2.75) is 38.0 Å². The van der Waals surface area contributed by atoms with Crippen LogP contribution in [0.25, 0.3) is 0 Å². The Kier molecular flexibility index (Phi) is 6.55. The van der Waals surface area contributed by atoms with E-state index in [9.17, 15) is 0 Å². The molecule has 0 radical (unpaired) electrons. The van der Waals surface area contributed by atoms with Crippen molar-refractivity contribution in [3.8, 4) is 0 Å². The highest BCUT2D eigenvalue weighted by molar-refractivity contribution is 6.20. The fourth-order valence-electron chi connectivity index (χ4n) is 0.714. The summed E-state index contributed by atoms with van der Waals surface area (Å²) in [5.74, 6) is 0. The fraction of sp³-hybridized carbons (Fsp3) is 1.00. The number of halogens is 1. The van der Waals surface area contributed by atoms with E-state index in [1.165, 1.54) is 0 Å². The van der Waals surface area contributed by atoms with Gasteiger partial charge in [-0.3, -0.25) is 0 Å². The third-order valence-electron chi connectivity index (χ3n) is 1.26. The predicted molar refractivity (Wildman–Crippen MR) is 40.9 cm³/mol. The molecule has 1 N–H and O–H groups in total. The van der Waals surface area contributed by atoms with Crippen molar-refractivity contribution >= 4 is 11.6 Å². The molecule has 0 aliphatic heterocycles. The van der Waals surface area contributed by atoms with E-state index < -0.39 is 0 Å². The molecule has 0 aromatic rings. The van der Waals surface area contributed by atoms with Gasteiger partial charge in [-0.15, -0.1) is 11.6 Å². The summed E-state index contributed by atoms with van der Waals surface area (Å²) in [5, 5.41) is 8.69. The molecule has 0 rings (SSSR count). The zero-order valence-corrected chi connectivity index (χ0v) is 6.69. The van der Waals surface area contributed by atoms with Gasteiger partial charge >= 0.3 is 0 Å². The third-order valence-corrected chi connectivity index (χ3v) is 1.48. The number of aliphatic hydroxyl groups excluding tert-OH is 1. The van der Waals surface area contributed by atoms with Gasteiger partial charge in [0.15, 0.2) is 0 Å². The molecule has 1 unspecified atom stereocenters. The van der Waals surface area contributed by atoms with Crippen molar-refractivity contribution in [1.29, 1.82) is 0 Å². The monoisotopic (exact) mass is 150 g/mol. The molecule has 0 bridgehead atoms. The van der Waals surface area contributed by atoms with Crippen LogP contribution in [0, 0.1) is 0 Å². The van der Waals surface area contributed by atoms with Gasteiger partial charge in [-0.2, -0.15) is 0 Å². The highest BCUT2D eigenvalue weighted by atomic mass is 35.5. The molecule has 0 amide bonds. The maximum absolute atomic E-state index is 8.40. The van der Waals surface area contributed by atoms with Crippen LogP contribution in [0.5, 0.6) is 0 Å². The van der Waals surface area contributed by atoms with Gasteiger partial charge in [0.05, 0.1) is 0 Å². The zero-order chi connectivity index (χ0) is 7.11. The highest BCUT2D eigenvalue weighted by Crippen LogP contribution is 2.07. The third kappa shape index (κ3) is 8.25. The molecule has 0 aromatic heterocycles. The lowest BCUT2D eigenvalue weighted by molar-refractivity contribution is 0.282. The average Bonchev–Trinajstić information content (AvgIpc) is 1.80. The van der Waals surface area contributed by atoms with E-state index >= 15 is 0 Å². The molecule has 0 saturated heterocycles. The molecular formula is C7H15ClO. The Morgan fingerprint density at radius 3 is 2.44 bits per heavy atom. The van der Waals surface area contributed by atoms with Crippen LogP contribution in [-0.2, 0) is 0 Å². The lowest BCUT2D eigenvalue weighted by Gasteiger charge is -1.99. The molecular weight excluding hydrogens is 136 g/mol. The molecule has 9 heavy (non-hydrogen) atoms. The van der Waals surface area contributed by atoms with Crippen LogP contribution in [0.15, 0.2) is 0 Å². The Labute approximate surface area is 62.0 Å². The summed E-state index contributed by atoms with van der Waals surface area (Å²) in [6.45, 7) is 2.32. The number of hydrogen-bond acceptors (Lipinski definition) is 1. The van der Waals surface area contributed by atoms with Gasteiger partial charge in [0, 0.05) is 12.0 Å². The second kappa shape index (κ2) is 6.37. The van der Waals surface area contributed by atoms with Crippen LogP contribution in [-0.4, -0.2) is 17.1 Å². The molecule has 0 aromatic carbocycles. The SMILES string of the molecule is CC(Cl)CCCCCO. The van der Waals surface area contributed by atoms with Crippen LogP contribution in [0.1, 0.15) is 32.6 Å². The summed E-state index contributed by atoms with van der Waals surface area (Å²) >= 11 is 5.69. The van der Waals surface area contributed by atoms with Crippen molar-refractivity contribution in [3.63, 3.8) is 0 Å². The Morgan fingerprint density at radius 1 is 1.33 bits per heavy atom. The lowest BCUT2D eigenvalue weighted by Crippen LogP contribution is -1.90. The normalized spacial score (nSPS) is 13.7. The number of unbranched alkanes of at least 4 members (excludes halogenated alkanes) is 2. The molecule has 0 saturated carbocycles. The van der Waals surface area contributed by atoms with Gasteiger partial charge in [0.1, 0.15) is 0 Å². The Morgan fingerprint density at radius 2 is 2.00 bits per heavy atom. The molecule has 2 heteroatoms. The average molecular weight is 151 g/mol. The van der Waals surface area contributed by atoms with E-state index in [4.69, 9.17) is 16.7 Å². The van der Waals surface area contributed by atoms with E-state index in [-0.39, 0.29) is 0 Å². The van der Waals surface area contributed by atoms with E-state index in [0.717, 1.165) is 25.7 Å². The molecule has 1 atom stereocenters. The summed E-state index contributed by atoms with van der Waals surface area (Å²) in [6.07, 6.45) is 4.24. The van der Waals surface area contributed by atoms with Gasteiger partial charge < -0.3 is 5.11 Å². The minimum absolute atomic E-state index is 0.295. The van der Waals surface area contributed by atoms with Crippen LogP contribution < -0.4 is 0 Å².